The van der Waals surface area contributed by atoms with Crippen molar-refractivity contribution in [2.45, 2.75) is 18.9 Å². The van der Waals surface area contributed by atoms with Gasteiger partial charge < -0.3 is 9.73 Å². The van der Waals surface area contributed by atoms with Crippen LogP contribution >= 0.6 is 0 Å². The van der Waals surface area contributed by atoms with Crippen LogP contribution < -0.4 is 5.32 Å². The van der Waals surface area contributed by atoms with Crippen LogP contribution in [0.15, 0.2) is 47.1 Å². The lowest BCUT2D eigenvalue weighted by Gasteiger charge is -2.10. The minimum Gasteiger partial charge on any atom is -0.464 e. The molecule has 1 N–H and O–H groups in total. The highest BCUT2D eigenvalue weighted by Crippen LogP contribution is 2.26. The van der Waals surface area contributed by atoms with E-state index in [4.69, 9.17) is 4.42 Å². The highest BCUT2D eigenvalue weighted by Gasteiger charge is 2.15. The van der Waals surface area contributed by atoms with E-state index in [1.165, 1.54) is 18.4 Å². The van der Waals surface area contributed by atoms with Crippen molar-refractivity contribution in [2.75, 3.05) is 6.54 Å². The summed E-state index contributed by atoms with van der Waals surface area (Å²) in [6.07, 6.45) is 4.24. The summed E-state index contributed by atoms with van der Waals surface area (Å²) in [6, 6.07) is 13.1. The van der Waals surface area contributed by atoms with E-state index in [0.29, 0.717) is 6.04 Å². The van der Waals surface area contributed by atoms with E-state index in [2.05, 4.69) is 29.6 Å². The molecule has 3 rings (SSSR count). The van der Waals surface area contributed by atoms with Crippen molar-refractivity contribution in [2.24, 2.45) is 0 Å². The number of nitrogens with one attached hydrogen (secondary N) is 1. The van der Waals surface area contributed by atoms with Gasteiger partial charge >= 0.3 is 0 Å². The summed E-state index contributed by atoms with van der Waals surface area (Å²) >= 11 is 0. The van der Waals surface area contributed by atoms with Gasteiger partial charge in [-0.15, -0.1) is 0 Å². The van der Waals surface area contributed by atoms with Crippen LogP contribution in [0.25, 0.3) is 11.3 Å². The molecule has 2 nitrogen and oxygen atoms in total. The average Bonchev–Trinajstić information content (AvgIpc) is 3.03. The first-order valence-electron chi connectivity index (χ1n) is 5.81. The zero-order valence-electron chi connectivity index (χ0n) is 9.15. The Morgan fingerprint density at radius 3 is 2.62 bits per heavy atom. The fourth-order valence-corrected chi connectivity index (χ4v) is 2.29. The molecule has 0 aliphatic carbocycles. The van der Waals surface area contributed by atoms with Gasteiger partial charge in [0.1, 0.15) is 5.76 Å². The van der Waals surface area contributed by atoms with E-state index in [1.54, 1.807) is 6.26 Å². The molecule has 0 unspecified atom stereocenters. The van der Waals surface area contributed by atoms with Gasteiger partial charge in [0, 0.05) is 11.6 Å². The van der Waals surface area contributed by atoms with Crippen molar-refractivity contribution >= 4 is 0 Å². The Morgan fingerprint density at radius 2 is 2.00 bits per heavy atom. The summed E-state index contributed by atoms with van der Waals surface area (Å²) < 4.78 is 5.37. The molecule has 0 saturated carbocycles. The second-order valence-electron chi connectivity index (χ2n) is 4.25. The van der Waals surface area contributed by atoms with Gasteiger partial charge in [0.15, 0.2) is 0 Å². The predicted octanol–water partition coefficient (Wildman–Crippen LogP) is 3.37. The Kier molecular flexibility index (Phi) is 2.50. The van der Waals surface area contributed by atoms with Gasteiger partial charge in [-0.3, -0.25) is 0 Å². The third-order valence-corrected chi connectivity index (χ3v) is 3.18. The van der Waals surface area contributed by atoms with Crippen LogP contribution in [0.3, 0.4) is 0 Å². The Bertz CT molecular complexity index is 438. The normalized spacial score (nSPS) is 20.1. The maximum absolute atomic E-state index is 5.37. The molecule has 2 heterocycles. The van der Waals surface area contributed by atoms with Crippen molar-refractivity contribution in [3.05, 3.63) is 48.2 Å². The van der Waals surface area contributed by atoms with Crippen molar-refractivity contribution in [1.29, 1.82) is 0 Å². The first-order chi connectivity index (χ1) is 7.93. The second-order valence-corrected chi connectivity index (χ2v) is 4.25. The number of rotatable bonds is 2. The molecule has 1 fully saturated rings. The summed E-state index contributed by atoms with van der Waals surface area (Å²) in [5, 5.41) is 3.50. The molecule has 0 spiro atoms. The quantitative estimate of drug-likeness (QED) is 0.827. The third-order valence-electron chi connectivity index (χ3n) is 3.18. The van der Waals surface area contributed by atoms with Crippen molar-refractivity contribution in [1.82, 2.24) is 5.32 Å². The van der Waals surface area contributed by atoms with Crippen molar-refractivity contribution < 1.29 is 4.42 Å². The molecular weight excluding hydrogens is 198 g/mol. The molecule has 1 aliphatic heterocycles. The fraction of sp³-hybridized carbons (Fsp3) is 0.286. The van der Waals surface area contributed by atoms with Gasteiger partial charge in [-0.2, -0.15) is 0 Å². The monoisotopic (exact) mass is 213 g/mol. The molecule has 2 aromatic rings. The van der Waals surface area contributed by atoms with Crippen LogP contribution in [-0.4, -0.2) is 6.54 Å². The Balaban J connectivity index is 1.84. The zero-order valence-corrected chi connectivity index (χ0v) is 9.15. The first-order valence-corrected chi connectivity index (χ1v) is 5.81. The minimum absolute atomic E-state index is 0.547. The molecule has 82 valence electrons. The van der Waals surface area contributed by atoms with Crippen LogP contribution in [-0.2, 0) is 0 Å². The highest BCUT2D eigenvalue weighted by molar-refractivity contribution is 5.57. The molecule has 0 amide bonds. The molecule has 16 heavy (non-hydrogen) atoms. The summed E-state index contributed by atoms with van der Waals surface area (Å²) in [5.74, 6) is 0.936. The molecule has 0 radical (unpaired) electrons. The molecule has 1 saturated heterocycles. The van der Waals surface area contributed by atoms with Gasteiger partial charge in [0.05, 0.1) is 6.26 Å². The van der Waals surface area contributed by atoms with Crippen molar-refractivity contribution in [3.63, 3.8) is 0 Å². The smallest absolute Gasteiger partial charge is 0.133 e. The van der Waals surface area contributed by atoms with Crippen LogP contribution in [0, 0.1) is 0 Å². The average molecular weight is 213 g/mol. The Labute approximate surface area is 95.3 Å². The largest absolute Gasteiger partial charge is 0.464 e. The van der Waals surface area contributed by atoms with Gasteiger partial charge in [-0.05, 0) is 37.1 Å². The Hall–Kier alpha value is -1.54. The molecule has 0 bridgehead atoms. The van der Waals surface area contributed by atoms with Gasteiger partial charge in [0.2, 0.25) is 0 Å². The maximum atomic E-state index is 5.37. The number of hydrogen-bond acceptors (Lipinski definition) is 2. The maximum Gasteiger partial charge on any atom is 0.133 e. The van der Waals surface area contributed by atoms with Crippen LogP contribution in [0.4, 0.5) is 0 Å². The summed E-state index contributed by atoms with van der Waals surface area (Å²) in [7, 11) is 0. The molecule has 1 atom stereocenters. The number of furan rings is 1. The summed E-state index contributed by atoms with van der Waals surface area (Å²) in [6.45, 7) is 1.14. The number of benzene rings is 1. The molecule has 1 aromatic carbocycles. The fourth-order valence-electron chi connectivity index (χ4n) is 2.29. The Morgan fingerprint density at radius 1 is 1.12 bits per heavy atom. The van der Waals surface area contributed by atoms with E-state index in [0.717, 1.165) is 17.9 Å². The van der Waals surface area contributed by atoms with Gasteiger partial charge in [-0.1, -0.05) is 24.3 Å². The lowest BCUT2D eigenvalue weighted by atomic mass is 10.0. The lowest BCUT2D eigenvalue weighted by Crippen LogP contribution is -2.12. The summed E-state index contributed by atoms with van der Waals surface area (Å²) in [5.41, 5.74) is 2.53. The predicted molar refractivity (Wildman–Crippen MR) is 64.1 cm³/mol. The SMILES string of the molecule is c1coc(-c2ccc([C@H]3CCCN3)cc2)c1. The van der Waals surface area contributed by atoms with E-state index in [-0.39, 0.29) is 0 Å². The molecular formula is C14H15NO. The van der Waals surface area contributed by atoms with Gasteiger partial charge in [-0.25, -0.2) is 0 Å². The van der Waals surface area contributed by atoms with E-state index < -0.39 is 0 Å². The molecule has 1 aromatic heterocycles. The van der Waals surface area contributed by atoms with E-state index in [9.17, 15) is 0 Å². The molecule has 2 heteroatoms. The van der Waals surface area contributed by atoms with Crippen molar-refractivity contribution in [3.8, 4) is 11.3 Å². The van der Waals surface area contributed by atoms with E-state index in [1.807, 2.05) is 12.1 Å². The minimum atomic E-state index is 0.547. The van der Waals surface area contributed by atoms with Crippen LogP contribution in [0.2, 0.25) is 0 Å². The standard InChI is InChI=1S/C14H15NO/c1-3-13(15-9-1)11-5-7-12(8-6-11)14-4-2-10-16-14/h2,4-8,10,13,15H,1,3,9H2/t13-/m1/s1. The summed E-state index contributed by atoms with van der Waals surface area (Å²) in [4.78, 5) is 0. The zero-order chi connectivity index (χ0) is 10.8. The van der Waals surface area contributed by atoms with Crippen LogP contribution in [0.1, 0.15) is 24.4 Å². The number of hydrogen-bond donors (Lipinski definition) is 1. The molecule has 1 aliphatic rings. The lowest BCUT2D eigenvalue weighted by molar-refractivity contribution is 0.582. The first kappa shape index (κ1) is 9.67. The third kappa shape index (κ3) is 1.76. The topological polar surface area (TPSA) is 25.2 Å². The second kappa shape index (κ2) is 4.14. The highest BCUT2D eigenvalue weighted by atomic mass is 16.3. The van der Waals surface area contributed by atoms with Crippen LogP contribution in [0.5, 0.6) is 0 Å². The van der Waals surface area contributed by atoms with Gasteiger partial charge in [0.25, 0.3) is 0 Å². The van der Waals surface area contributed by atoms with E-state index >= 15 is 0 Å².